The second kappa shape index (κ2) is 6.45. The molecular formula is C16H17F3N4O2. The molecule has 3 rings (SSSR count). The molecule has 2 atom stereocenters. The molecule has 0 N–H and O–H groups in total. The SMILES string of the molecule is Cc1nnc([C@H]2CCCN(C(=O)c3ccc(C(F)(F)F)nc3)[C@H]2C)o1. The maximum atomic E-state index is 12.7. The highest BCUT2D eigenvalue weighted by atomic mass is 19.4. The average Bonchev–Trinajstić information content (AvgIpc) is 3.00. The molecule has 0 radical (unpaired) electrons. The summed E-state index contributed by atoms with van der Waals surface area (Å²) >= 11 is 0. The minimum atomic E-state index is -4.53. The van der Waals surface area contributed by atoms with E-state index in [4.69, 9.17) is 4.42 Å². The van der Waals surface area contributed by atoms with Crippen molar-refractivity contribution < 1.29 is 22.4 Å². The predicted octanol–water partition coefficient (Wildman–Crippen LogP) is 3.20. The van der Waals surface area contributed by atoms with Gasteiger partial charge in [0.1, 0.15) is 5.69 Å². The van der Waals surface area contributed by atoms with E-state index in [9.17, 15) is 18.0 Å². The molecule has 6 nitrogen and oxygen atoms in total. The van der Waals surface area contributed by atoms with Crippen molar-refractivity contribution >= 4 is 5.91 Å². The molecule has 0 unspecified atom stereocenters. The van der Waals surface area contributed by atoms with E-state index in [0.29, 0.717) is 18.3 Å². The highest BCUT2D eigenvalue weighted by molar-refractivity contribution is 5.94. The van der Waals surface area contributed by atoms with Gasteiger partial charge in [-0.1, -0.05) is 0 Å². The summed E-state index contributed by atoms with van der Waals surface area (Å²) in [5, 5.41) is 7.85. The summed E-state index contributed by atoms with van der Waals surface area (Å²) in [4.78, 5) is 17.7. The summed E-state index contributed by atoms with van der Waals surface area (Å²) in [5.41, 5.74) is -0.892. The second-order valence-corrected chi connectivity index (χ2v) is 6.08. The summed E-state index contributed by atoms with van der Waals surface area (Å²) in [6.45, 7) is 4.09. The van der Waals surface area contributed by atoms with E-state index in [1.54, 1.807) is 11.8 Å². The maximum Gasteiger partial charge on any atom is 0.433 e. The van der Waals surface area contributed by atoms with Crippen molar-refractivity contribution in [2.45, 2.75) is 44.8 Å². The van der Waals surface area contributed by atoms with Crippen molar-refractivity contribution in [3.05, 3.63) is 41.4 Å². The third kappa shape index (κ3) is 3.49. The first-order chi connectivity index (χ1) is 11.8. The summed E-state index contributed by atoms with van der Waals surface area (Å²) < 4.78 is 43.3. The third-order valence-electron chi connectivity index (χ3n) is 4.41. The molecule has 2 aromatic rings. The molecule has 3 heterocycles. The zero-order chi connectivity index (χ0) is 18.2. The standard InChI is InChI=1S/C16H17F3N4O2/c1-9-12(14-22-21-10(2)25-14)4-3-7-23(9)15(24)11-5-6-13(20-8-11)16(17,18)19/h5-6,8-9,12H,3-4,7H2,1-2H3/t9-,12-/m0/s1. The molecule has 0 aliphatic carbocycles. The number of pyridine rings is 1. The normalized spacial score (nSPS) is 21.4. The number of carbonyl (C=O) groups is 1. The number of amides is 1. The number of rotatable bonds is 2. The quantitative estimate of drug-likeness (QED) is 0.828. The van der Waals surface area contributed by atoms with Crippen LogP contribution in [0, 0.1) is 6.92 Å². The van der Waals surface area contributed by atoms with Crippen molar-refractivity contribution in [2.75, 3.05) is 6.54 Å². The van der Waals surface area contributed by atoms with Crippen LogP contribution in [-0.2, 0) is 6.18 Å². The monoisotopic (exact) mass is 354 g/mol. The molecule has 9 heteroatoms. The molecule has 1 aliphatic heterocycles. The molecule has 0 bridgehead atoms. The van der Waals surface area contributed by atoms with Crippen LogP contribution in [0.3, 0.4) is 0 Å². The van der Waals surface area contributed by atoms with Crippen molar-refractivity contribution in [2.24, 2.45) is 0 Å². The topological polar surface area (TPSA) is 72.1 Å². The lowest BCUT2D eigenvalue weighted by Gasteiger charge is -2.37. The van der Waals surface area contributed by atoms with Crippen LogP contribution in [0.25, 0.3) is 0 Å². The van der Waals surface area contributed by atoms with Gasteiger partial charge in [0.25, 0.3) is 5.91 Å². The van der Waals surface area contributed by atoms with Gasteiger partial charge in [0.15, 0.2) is 0 Å². The molecule has 0 aromatic carbocycles. The Morgan fingerprint density at radius 1 is 1.32 bits per heavy atom. The second-order valence-electron chi connectivity index (χ2n) is 6.08. The number of halogens is 3. The van der Waals surface area contributed by atoms with Gasteiger partial charge in [-0.3, -0.25) is 9.78 Å². The van der Waals surface area contributed by atoms with Crippen LogP contribution in [0.4, 0.5) is 13.2 Å². The summed E-state index contributed by atoms with van der Waals surface area (Å²) in [6.07, 6.45) is -2.01. The van der Waals surface area contributed by atoms with E-state index < -0.39 is 11.9 Å². The Morgan fingerprint density at radius 3 is 2.64 bits per heavy atom. The van der Waals surface area contributed by atoms with Crippen LogP contribution in [0.15, 0.2) is 22.7 Å². The van der Waals surface area contributed by atoms with Gasteiger partial charge in [-0.15, -0.1) is 10.2 Å². The number of alkyl halides is 3. The molecule has 134 valence electrons. The van der Waals surface area contributed by atoms with E-state index in [1.165, 1.54) is 0 Å². The zero-order valence-corrected chi connectivity index (χ0v) is 13.7. The minimum Gasteiger partial charge on any atom is -0.425 e. The molecule has 1 aliphatic rings. The Hall–Kier alpha value is -2.45. The molecule has 2 aromatic heterocycles. The third-order valence-corrected chi connectivity index (χ3v) is 4.41. The first-order valence-corrected chi connectivity index (χ1v) is 7.91. The van der Waals surface area contributed by atoms with Gasteiger partial charge < -0.3 is 9.32 Å². The van der Waals surface area contributed by atoms with Crippen molar-refractivity contribution in [1.29, 1.82) is 0 Å². The molecule has 0 saturated carbocycles. The maximum absolute atomic E-state index is 12.7. The van der Waals surface area contributed by atoms with Gasteiger partial charge in [0.05, 0.1) is 11.5 Å². The molecule has 1 amide bonds. The molecule has 1 fully saturated rings. The summed E-state index contributed by atoms with van der Waals surface area (Å²) in [6, 6.07) is 1.77. The fraction of sp³-hybridized carbons (Fsp3) is 0.500. The summed E-state index contributed by atoms with van der Waals surface area (Å²) in [5.74, 6) is 0.488. The molecule has 25 heavy (non-hydrogen) atoms. The van der Waals surface area contributed by atoms with Crippen LogP contribution >= 0.6 is 0 Å². The van der Waals surface area contributed by atoms with Crippen LogP contribution in [0.1, 0.15) is 53.5 Å². The number of aryl methyl sites for hydroxylation is 1. The number of likely N-dealkylation sites (tertiary alicyclic amines) is 1. The van der Waals surface area contributed by atoms with Crippen LogP contribution in [0.5, 0.6) is 0 Å². The summed E-state index contributed by atoms with van der Waals surface area (Å²) in [7, 11) is 0. The van der Waals surface area contributed by atoms with E-state index in [2.05, 4.69) is 15.2 Å². The van der Waals surface area contributed by atoms with Crippen LogP contribution < -0.4 is 0 Å². The first-order valence-electron chi connectivity index (χ1n) is 7.91. The highest BCUT2D eigenvalue weighted by Gasteiger charge is 2.36. The van der Waals surface area contributed by atoms with Crippen molar-refractivity contribution in [3.63, 3.8) is 0 Å². The Bertz CT molecular complexity index is 757. The van der Waals surface area contributed by atoms with E-state index in [0.717, 1.165) is 31.2 Å². The number of carbonyl (C=O) groups excluding carboxylic acids is 1. The highest BCUT2D eigenvalue weighted by Crippen LogP contribution is 2.33. The molecular weight excluding hydrogens is 337 g/mol. The smallest absolute Gasteiger partial charge is 0.425 e. The minimum absolute atomic E-state index is 0.0960. The van der Waals surface area contributed by atoms with Crippen molar-refractivity contribution in [3.8, 4) is 0 Å². The zero-order valence-electron chi connectivity index (χ0n) is 13.7. The Kier molecular flexibility index (Phi) is 4.49. The number of nitrogens with zero attached hydrogens (tertiary/aromatic N) is 4. The first kappa shape index (κ1) is 17.4. The van der Waals surface area contributed by atoms with Crippen LogP contribution in [0.2, 0.25) is 0 Å². The van der Waals surface area contributed by atoms with Gasteiger partial charge in [-0.25, -0.2) is 0 Å². The Balaban J connectivity index is 1.79. The fourth-order valence-corrected chi connectivity index (χ4v) is 3.08. The lowest BCUT2D eigenvalue weighted by atomic mass is 9.89. The Morgan fingerprint density at radius 2 is 2.08 bits per heavy atom. The fourth-order valence-electron chi connectivity index (χ4n) is 3.08. The Labute approximate surface area is 142 Å². The largest absolute Gasteiger partial charge is 0.433 e. The van der Waals surface area contributed by atoms with Gasteiger partial charge in [-0.2, -0.15) is 13.2 Å². The lowest BCUT2D eigenvalue weighted by molar-refractivity contribution is -0.141. The van der Waals surface area contributed by atoms with E-state index in [-0.39, 0.29) is 23.4 Å². The number of hydrogen-bond donors (Lipinski definition) is 0. The number of aromatic nitrogens is 3. The van der Waals surface area contributed by atoms with Crippen LogP contribution in [-0.4, -0.2) is 38.6 Å². The average molecular weight is 354 g/mol. The van der Waals surface area contributed by atoms with Gasteiger partial charge in [0, 0.05) is 25.7 Å². The van der Waals surface area contributed by atoms with E-state index >= 15 is 0 Å². The number of piperidine rings is 1. The molecule has 1 saturated heterocycles. The molecule has 0 spiro atoms. The van der Waals surface area contributed by atoms with Gasteiger partial charge in [-0.05, 0) is 31.9 Å². The van der Waals surface area contributed by atoms with Gasteiger partial charge in [0.2, 0.25) is 11.8 Å². The lowest BCUT2D eigenvalue weighted by Crippen LogP contribution is -2.46. The number of hydrogen-bond acceptors (Lipinski definition) is 5. The van der Waals surface area contributed by atoms with Crippen molar-refractivity contribution in [1.82, 2.24) is 20.1 Å². The van der Waals surface area contributed by atoms with E-state index in [1.807, 2.05) is 6.92 Å². The predicted molar refractivity (Wildman–Crippen MR) is 80.7 cm³/mol. The van der Waals surface area contributed by atoms with Gasteiger partial charge >= 0.3 is 6.18 Å².